The number of benzene rings is 1. The van der Waals surface area contributed by atoms with Crippen molar-refractivity contribution < 1.29 is 9.53 Å². The zero-order chi connectivity index (χ0) is 13.7. The summed E-state index contributed by atoms with van der Waals surface area (Å²) >= 11 is 1.66. The van der Waals surface area contributed by atoms with Gasteiger partial charge in [0, 0.05) is 11.1 Å². The van der Waals surface area contributed by atoms with Gasteiger partial charge in [0.15, 0.2) is 0 Å². The summed E-state index contributed by atoms with van der Waals surface area (Å²) in [4.78, 5) is 17.0. The summed E-state index contributed by atoms with van der Waals surface area (Å²) in [7, 11) is 0. The SMILES string of the molecule is CCOC(=O)c1ccc(N=Cc2sccc2C)cc1. The molecule has 1 aromatic carbocycles. The lowest BCUT2D eigenvalue weighted by Gasteiger charge is -2.01. The number of carbonyl (C=O) groups excluding carboxylic acids is 1. The van der Waals surface area contributed by atoms with E-state index in [2.05, 4.69) is 18.0 Å². The molecule has 0 unspecified atom stereocenters. The molecule has 2 aromatic rings. The highest BCUT2D eigenvalue weighted by molar-refractivity contribution is 7.11. The molecule has 2 rings (SSSR count). The summed E-state index contributed by atoms with van der Waals surface area (Å²) < 4.78 is 4.93. The molecule has 1 aromatic heterocycles. The molecule has 0 radical (unpaired) electrons. The Hall–Kier alpha value is -1.94. The lowest BCUT2D eigenvalue weighted by atomic mass is 10.2. The Morgan fingerprint density at radius 3 is 2.63 bits per heavy atom. The molecule has 0 bridgehead atoms. The van der Waals surface area contributed by atoms with Crippen LogP contribution in [-0.2, 0) is 4.74 Å². The minimum absolute atomic E-state index is 0.299. The van der Waals surface area contributed by atoms with Gasteiger partial charge in [0.05, 0.1) is 17.9 Å². The van der Waals surface area contributed by atoms with E-state index in [1.807, 2.05) is 23.7 Å². The first kappa shape index (κ1) is 13.5. The maximum atomic E-state index is 11.5. The van der Waals surface area contributed by atoms with Crippen molar-refractivity contribution in [1.29, 1.82) is 0 Å². The van der Waals surface area contributed by atoms with Crippen molar-refractivity contribution >= 4 is 29.2 Å². The summed E-state index contributed by atoms with van der Waals surface area (Å²) in [5.74, 6) is -0.299. The van der Waals surface area contributed by atoms with Crippen molar-refractivity contribution in [2.45, 2.75) is 13.8 Å². The maximum absolute atomic E-state index is 11.5. The zero-order valence-electron chi connectivity index (χ0n) is 10.9. The lowest BCUT2D eigenvalue weighted by molar-refractivity contribution is 0.0526. The molecular weight excluding hydrogens is 258 g/mol. The minimum atomic E-state index is -0.299. The summed E-state index contributed by atoms with van der Waals surface area (Å²) in [6.07, 6.45) is 1.85. The molecule has 0 saturated carbocycles. The summed E-state index contributed by atoms with van der Waals surface area (Å²) in [6, 6.07) is 9.14. The van der Waals surface area contributed by atoms with Gasteiger partial charge in [-0.2, -0.15) is 0 Å². The highest BCUT2D eigenvalue weighted by atomic mass is 32.1. The standard InChI is InChI=1S/C15H15NO2S/c1-3-18-15(17)12-4-6-13(7-5-12)16-10-14-11(2)8-9-19-14/h4-10H,3H2,1-2H3. The van der Waals surface area contributed by atoms with Gasteiger partial charge in [-0.1, -0.05) is 0 Å². The molecule has 1 heterocycles. The van der Waals surface area contributed by atoms with Gasteiger partial charge >= 0.3 is 5.97 Å². The third-order valence-electron chi connectivity index (χ3n) is 2.61. The van der Waals surface area contributed by atoms with Crippen LogP contribution in [0.25, 0.3) is 0 Å². The molecule has 0 amide bonds. The van der Waals surface area contributed by atoms with E-state index in [9.17, 15) is 4.79 Å². The molecular formula is C15H15NO2S. The van der Waals surface area contributed by atoms with E-state index in [-0.39, 0.29) is 5.97 Å². The maximum Gasteiger partial charge on any atom is 0.338 e. The van der Waals surface area contributed by atoms with Gasteiger partial charge in [0.2, 0.25) is 0 Å². The smallest absolute Gasteiger partial charge is 0.338 e. The fraction of sp³-hybridized carbons (Fsp3) is 0.200. The van der Waals surface area contributed by atoms with Crippen LogP contribution in [-0.4, -0.2) is 18.8 Å². The second-order valence-electron chi connectivity index (χ2n) is 3.99. The second kappa shape index (κ2) is 6.29. The lowest BCUT2D eigenvalue weighted by Crippen LogP contribution is -2.03. The molecule has 3 nitrogen and oxygen atoms in total. The molecule has 0 aliphatic heterocycles. The van der Waals surface area contributed by atoms with Crippen molar-refractivity contribution in [3.05, 3.63) is 51.7 Å². The minimum Gasteiger partial charge on any atom is -0.462 e. The van der Waals surface area contributed by atoms with E-state index in [0.717, 1.165) is 10.6 Å². The van der Waals surface area contributed by atoms with Gasteiger partial charge in [-0.05, 0) is 55.1 Å². The van der Waals surface area contributed by atoms with E-state index < -0.39 is 0 Å². The predicted molar refractivity (Wildman–Crippen MR) is 78.7 cm³/mol. The van der Waals surface area contributed by atoms with Gasteiger partial charge in [-0.3, -0.25) is 4.99 Å². The molecule has 98 valence electrons. The monoisotopic (exact) mass is 273 g/mol. The van der Waals surface area contributed by atoms with Crippen LogP contribution in [0.2, 0.25) is 0 Å². The average molecular weight is 273 g/mol. The van der Waals surface area contributed by atoms with Gasteiger partial charge < -0.3 is 4.74 Å². The third kappa shape index (κ3) is 3.51. The fourth-order valence-electron chi connectivity index (χ4n) is 1.55. The number of aliphatic imine (C=N–C) groups is 1. The number of hydrogen-bond acceptors (Lipinski definition) is 4. The van der Waals surface area contributed by atoms with E-state index in [1.54, 1.807) is 30.4 Å². The van der Waals surface area contributed by atoms with Crippen LogP contribution in [0.15, 0.2) is 40.7 Å². The fourth-order valence-corrected chi connectivity index (χ4v) is 2.33. The van der Waals surface area contributed by atoms with Gasteiger partial charge in [0.1, 0.15) is 0 Å². The van der Waals surface area contributed by atoms with E-state index in [0.29, 0.717) is 12.2 Å². The average Bonchev–Trinajstić information content (AvgIpc) is 2.83. The predicted octanol–water partition coefficient (Wildman–Crippen LogP) is 3.98. The first-order valence-corrected chi connectivity index (χ1v) is 6.94. The van der Waals surface area contributed by atoms with Crippen molar-refractivity contribution in [2.24, 2.45) is 4.99 Å². The highest BCUT2D eigenvalue weighted by Gasteiger charge is 2.04. The van der Waals surface area contributed by atoms with Crippen molar-refractivity contribution in [3.8, 4) is 0 Å². The quantitative estimate of drug-likeness (QED) is 0.624. The number of rotatable bonds is 4. The van der Waals surface area contributed by atoms with Crippen LogP contribution >= 0.6 is 11.3 Å². The Morgan fingerprint density at radius 2 is 2.05 bits per heavy atom. The van der Waals surface area contributed by atoms with Crippen molar-refractivity contribution in [1.82, 2.24) is 0 Å². The number of carbonyl (C=O) groups is 1. The molecule has 0 saturated heterocycles. The van der Waals surface area contributed by atoms with Crippen LogP contribution in [0.5, 0.6) is 0 Å². The Kier molecular flexibility index (Phi) is 4.47. The van der Waals surface area contributed by atoms with Crippen LogP contribution in [0.3, 0.4) is 0 Å². The van der Waals surface area contributed by atoms with E-state index >= 15 is 0 Å². The van der Waals surface area contributed by atoms with Crippen molar-refractivity contribution in [3.63, 3.8) is 0 Å². The second-order valence-corrected chi connectivity index (χ2v) is 4.94. The molecule has 0 spiro atoms. The highest BCUT2D eigenvalue weighted by Crippen LogP contribution is 2.17. The Morgan fingerprint density at radius 1 is 1.32 bits per heavy atom. The number of hydrogen-bond donors (Lipinski definition) is 0. The topological polar surface area (TPSA) is 38.7 Å². The van der Waals surface area contributed by atoms with E-state index in [1.165, 1.54) is 5.56 Å². The van der Waals surface area contributed by atoms with Crippen LogP contribution in [0, 0.1) is 6.92 Å². The van der Waals surface area contributed by atoms with Crippen LogP contribution in [0.1, 0.15) is 27.7 Å². The van der Waals surface area contributed by atoms with E-state index in [4.69, 9.17) is 4.74 Å². The Labute approximate surface area is 116 Å². The van der Waals surface area contributed by atoms with Crippen molar-refractivity contribution in [2.75, 3.05) is 6.61 Å². The van der Waals surface area contributed by atoms with Gasteiger partial charge in [-0.25, -0.2) is 4.79 Å². The zero-order valence-corrected chi connectivity index (χ0v) is 11.7. The first-order valence-electron chi connectivity index (χ1n) is 6.06. The molecule has 19 heavy (non-hydrogen) atoms. The first-order chi connectivity index (χ1) is 9.20. The summed E-state index contributed by atoms with van der Waals surface area (Å²) in [5.41, 5.74) is 2.59. The number of aryl methyl sites for hydroxylation is 1. The normalized spacial score (nSPS) is 10.8. The van der Waals surface area contributed by atoms with Gasteiger partial charge in [0.25, 0.3) is 0 Å². The van der Waals surface area contributed by atoms with Crippen LogP contribution in [0.4, 0.5) is 5.69 Å². The summed E-state index contributed by atoms with van der Waals surface area (Å²) in [6.45, 7) is 4.23. The number of esters is 1. The third-order valence-corrected chi connectivity index (χ3v) is 3.56. The Bertz CT molecular complexity index is 584. The Balaban J connectivity index is 2.09. The molecule has 0 N–H and O–H groups in total. The van der Waals surface area contributed by atoms with Gasteiger partial charge in [-0.15, -0.1) is 11.3 Å². The number of ether oxygens (including phenoxy) is 1. The molecule has 0 fully saturated rings. The summed E-state index contributed by atoms with van der Waals surface area (Å²) in [5, 5.41) is 2.04. The molecule has 4 heteroatoms. The largest absolute Gasteiger partial charge is 0.462 e. The molecule has 0 aliphatic rings. The number of thiophene rings is 1. The van der Waals surface area contributed by atoms with Crippen LogP contribution < -0.4 is 0 Å². The number of nitrogens with zero attached hydrogens (tertiary/aromatic N) is 1. The molecule has 0 aliphatic carbocycles. The molecule has 0 atom stereocenters.